The van der Waals surface area contributed by atoms with Crippen LogP contribution in [-0.2, 0) is 19.1 Å². The van der Waals surface area contributed by atoms with Gasteiger partial charge in [0.1, 0.15) is 6.61 Å². The Bertz CT molecular complexity index is 598. The van der Waals surface area contributed by atoms with Crippen molar-refractivity contribution in [3.05, 3.63) is 0 Å². The molecule has 1 amide bonds. The minimum absolute atomic E-state index is 0.0161. The van der Waals surface area contributed by atoms with Crippen LogP contribution in [0, 0.1) is 0 Å². The Labute approximate surface area is 174 Å². The molecule has 30 heavy (non-hydrogen) atoms. The largest absolute Gasteiger partial charge is 0.490 e. The number of carbonyl (C=O) groups is 2. The number of hydrogen-bond acceptors (Lipinski definition) is 5. The molecule has 0 aromatic heterocycles. The van der Waals surface area contributed by atoms with Gasteiger partial charge in [-0.3, -0.25) is 9.69 Å². The molecule has 3 saturated heterocycles. The molecular formula is C20H31F3N2O5. The summed E-state index contributed by atoms with van der Waals surface area (Å²) >= 11 is 0. The molecule has 1 saturated carbocycles. The zero-order valence-electron chi connectivity index (χ0n) is 17.2. The molecule has 0 bridgehead atoms. The van der Waals surface area contributed by atoms with Crippen LogP contribution in [0.3, 0.4) is 0 Å². The lowest BCUT2D eigenvalue weighted by atomic mass is 9.83. The highest BCUT2D eigenvalue weighted by Gasteiger charge is 2.50. The second-order valence-corrected chi connectivity index (χ2v) is 8.69. The Kier molecular flexibility index (Phi) is 7.62. The fourth-order valence-electron chi connectivity index (χ4n) is 4.81. The van der Waals surface area contributed by atoms with Gasteiger partial charge in [0, 0.05) is 45.2 Å². The van der Waals surface area contributed by atoms with Gasteiger partial charge in [-0.05, 0) is 32.1 Å². The standard InChI is InChI=1S/C18H30N2O3.C2HF3O2/c21-17(19-8-3-4-9-19)12-22-16-7-10-23-18(11-16)13-20(14-18)15-5-1-2-6-15;3-2(4,5)1(6)7/h15-16H,1-14H2;(H,6,7). The third-order valence-corrected chi connectivity index (χ3v) is 6.42. The first kappa shape index (κ1) is 23.3. The number of halogens is 3. The van der Waals surface area contributed by atoms with E-state index in [1.165, 1.54) is 25.7 Å². The van der Waals surface area contributed by atoms with Crippen LogP contribution in [0.4, 0.5) is 13.2 Å². The van der Waals surface area contributed by atoms with Crippen LogP contribution in [0.2, 0.25) is 0 Å². The van der Waals surface area contributed by atoms with Gasteiger partial charge in [0.2, 0.25) is 5.91 Å². The fourth-order valence-corrected chi connectivity index (χ4v) is 4.81. The van der Waals surface area contributed by atoms with E-state index >= 15 is 0 Å². The Morgan fingerprint density at radius 3 is 2.23 bits per heavy atom. The Hall–Kier alpha value is -1.39. The topological polar surface area (TPSA) is 79.3 Å². The molecule has 1 atom stereocenters. The zero-order valence-corrected chi connectivity index (χ0v) is 17.2. The van der Waals surface area contributed by atoms with Crippen molar-refractivity contribution in [2.45, 2.75) is 75.3 Å². The van der Waals surface area contributed by atoms with Gasteiger partial charge in [0.25, 0.3) is 0 Å². The molecule has 10 heteroatoms. The van der Waals surface area contributed by atoms with Crippen molar-refractivity contribution in [2.75, 3.05) is 39.4 Å². The highest BCUT2D eigenvalue weighted by Crippen LogP contribution is 2.39. The van der Waals surface area contributed by atoms with Crippen molar-refractivity contribution in [1.29, 1.82) is 0 Å². The molecule has 0 aromatic carbocycles. The summed E-state index contributed by atoms with van der Waals surface area (Å²) < 4.78 is 43.8. The van der Waals surface area contributed by atoms with Gasteiger partial charge in [-0.25, -0.2) is 4.79 Å². The summed E-state index contributed by atoms with van der Waals surface area (Å²) in [6, 6.07) is 0.794. The summed E-state index contributed by atoms with van der Waals surface area (Å²) in [5.74, 6) is -2.59. The first-order chi connectivity index (χ1) is 14.2. The Morgan fingerprint density at radius 1 is 1.07 bits per heavy atom. The number of nitrogens with zero attached hydrogens (tertiary/aromatic N) is 2. The summed E-state index contributed by atoms with van der Waals surface area (Å²) in [5, 5.41) is 7.12. The van der Waals surface area contributed by atoms with Crippen molar-refractivity contribution in [2.24, 2.45) is 0 Å². The maximum atomic E-state index is 12.1. The van der Waals surface area contributed by atoms with Crippen LogP contribution in [-0.4, -0.2) is 90.1 Å². The summed E-state index contributed by atoms with van der Waals surface area (Å²) in [6.07, 6.45) is 4.79. The van der Waals surface area contributed by atoms with Gasteiger partial charge < -0.3 is 19.5 Å². The van der Waals surface area contributed by atoms with E-state index in [0.717, 1.165) is 64.5 Å². The second-order valence-electron chi connectivity index (χ2n) is 8.69. The number of carboxylic acid groups (broad SMARTS) is 1. The number of ether oxygens (including phenoxy) is 2. The van der Waals surface area contributed by atoms with Gasteiger partial charge in [-0.2, -0.15) is 13.2 Å². The SMILES string of the molecule is O=C(COC1CCOC2(C1)CN(C1CCCC1)C2)N1CCCC1.O=C(O)C(F)(F)F. The minimum atomic E-state index is -5.08. The molecule has 4 rings (SSSR count). The van der Waals surface area contributed by atoms with Gasteiger partial charge in [-0.1, -0.05) is 12.8 Å². The summed E-state index contributed by atoms with van der Waals surface area (Å²) in [7, 11) is 0. The van der Waals surface area contributed by atoms with Crippen molar-refractivity contribution in [3.8, 4) is 0 Å². The summed E-state index contributed by atoms with van der Waals surface area (Å²) in [6.45, 7) is 5.00. The zero-order chi connectivity index (χ0) is 21.8. The lowest BCUT2D eigenvalue weighted by Gasteiger charge is -2.55. The number of amides is 1. The minimum Gasteiger partial charge on any atom is -0.475 e. The highest BCUT2D eigenvalue weighted by atomic mass is 19.4. The van der Waals surface area contributed by atoms with Gasteiger partial charge in [0.15, 0.2) is 0 Å². The van der Waals surface area contributed by atoms with E-state index in [1.54, 1.807) is 0 Å². The molecule has 7 nitrogen and oxygen atoms in total. The molecule has 0 aromatic rings. The fraction of sp³-hybridized carbons (Fsp3) is 0.900. The van der Waals surface area contributed by atoms with Crippen LogP contribution >= 0.6 is 0 Å². The molecule has 1 aliphatic carbocycles. The van der Waals surface area contributed by atoms with E-state index < -0.39 is 12.1 Å². The molecule has 1 spiro atoms. The summed E-state index contributed by atoms with van der Waals surface area (Å²) in [5.41, 5.74) is 0.0161. The number of carbonyl (C=O) groups excluding carboxylic acids is 1. The molecule has 172 valence electrons. The number of alkyl halides is 3. The van der Waals surface area contributed by atoms with Crippen molar-refractivity contribution in [1.82, 2.24) is 9.80 Å². The number of likely N-dealkylation sites (tertiary alicyclic amines) is 2. The predicted octanol–water partition coefficient (Wildman–Crippen LogP) is 2.43. The lowest BCUT2D eigenvalue weighted by molar-refractivity contribution is -0.205. The van der Waals surface area contributed by atoms with Crippen molar-refractivity contribution in [3.63, 3.8) is 0 Å². The van der Waals surface area contributed by atoms with Crippen molar-refractivity contribution >= 4 is 11.9 Å². The van der Waals surface area contributed by atoms with E-state index in [9.17, 15) is 18.0 Å². The first-order valence-electron chi connectivity index (χ1n) is 10.8. The molecule has 3 aliphatic heterocycles. The summed E-state index contributed by atoms with van der Waals surface area (Å²) in [4.78, 5) is 25.6. The molecule has 0 radical (unpaired) electrons. The number of carboxylic acids is 1. The third kappa shape index (κ3) is 6.07. The molecule has 1 unspecified atom stereocenters. The maximum absolute atomic E-state index is 12.1. The van der Waals surface area contributed by atoms with Crippen LogP contribution in [0.1, 0.15) is 51.4 Å². The quantitative estimate of drug-likeness (QED) is 0.729. The van der Waals surface area contributed by atoms with E-state index in [0.29, 0.717) is 0 Å². The van der Waals surface area contributed by atoms with Crippen molar-refractivity contribution < 1.29 is 37.3 Å². The monoisotopic (exact) mass is 436 g/mol. The number of aliphatic carboxylic acids is 1. The van der Waals surface area contributed by atoms with E-state index in [4.69, 9.17) is 19.4 Å². The Morgan fingerprint density at radius 2 is 1.67 bits per heavy atom. The second kappa shape index (κ2) is 9.82. The van der Waals surface area contributed by atoms with E-state index in [-0.39, 0.29) is 24.2 Å². The number of hydrogen-bond donors (Lipinski definition) is 1. The van der Waals surface area contributed by atoms with Gasteiger partial charge in [-0.15, -0.1) is 0 Å². The first-order valence-corrected chi connectivity index (χ1v) is 10.8. The maximum Gasteiger partial charge on any atom is 0.490 e. The van der Waals surface area contributed by atoms with Crippen LogP contribution < -0.4 is 0 Å². The van der Waals surface area contributed by atoms with E-state index in [2.05, 4.69) is 4.90 Å². The normalized spacial score (nSPS) is 26.9. The average Bonchev–Trinajstić information content (AvgIpc) is 3.37. The van der Waals surface area contributed by atoms with Crippen LogP contribution in [0.15, 0.2) is 0 Å². The molecule has 4 aliphatic rings. The molecular weight excluding hydrogens is 405 g/mol. The van der Waals surface area contributed by atoms with Crippen LogP contribution in [0.25, 0.3) is 0 Å². The Balaban J connectivity index is 0.000000318. The average molecular weight is 436 g/mol. The van der Waals surface area contributed by atoms with Gasteiger partial charge in [0.05, 0.1) is 11.7 Å². The molecule has 4 fully saturated rings. The number of rotatable bonds is 4. The van der Waals surface area contributed by atoms with Crippen LogP contribution in [0.5, 0.6) is 0 Å². The third-order valence-electron chi connectivity index (χ3n) is 6.42. The van der Waals surface area contributed by atoms with Gasteiger partial charge >= 0.3 is 12.1 Å². The smallest absolute Gasteiger partial charge is 0.475 e. The molecule has 1 N–H and O–H groups in total. The van der Waals surface area contributed by atoms with E-state index in [1.807, 2.05) is 4.90 Å². The predicted molar refractivity (Wildman–Crippen MR) is 101 cm³/mol. The molecule has 3 heterocycles. The lowest BCUT2D eigenvalue weighted by Crippen LogP contribution is -2.67. The highest BCUT2D eigenvalue weighted by molar-refractivity contribution is 5.77.